The Bertz CT molecular complexity index is 376. The molecule has 5 nitrogen and oxygen atoms in total. The minimum Gasteiger partial charge on any atom is -0.265 e. The van der Waals surface area contributed by atoms with Crippen molar-refractivity contribution in [3.8, 4) is 0 Å². The van der Waals surface area contributed by atoms with Gasteiger partial charge in [0.25, 0.3) is 0 Å². The number of hydrogen-bond donors (Lipinski definition) is 0. The van der Waals surface area contributed by atoms with Crippen LogP contribution >= 0.6 is 11.6 Å². The summed E-state index contributed by atoms with van der Waals surface area (Å²) in [4.78, 5) is 10.4. The number of hydrogen-bond acceptors (Lipinski definition) is 3. The lowest BCUT2D eigenvalue weighted by atomic mass is 10.1. The first kappa shape index (κ1) is 12.0. The summed E-state index contributed by atoms with van der Waals surface area (Å²) < 4.78 is 1.54. The molecule has 1 heterocycles. The van der Waals surface area contributed by atoms with E-state index in [2.05, 4.69) is 5.10 Å². The van der Waals surface area contributed by atoms with E-state index in [1.54, 1.807) is 18.7 Å². The zero-order chi connectivity index (χ0) is 11.6. The van der Waals surface area contributed by atoms with Gasteiger partial charge in [-0.15, -0.1) is 11.6 Å². The molecular formula is C9H14ClN3O2. The molecule has 0 aliphatic carbocycles. The maximum Gasteiger partial charge on any atom is 0.313 e. The van der Waals surface area contributed by atoms with Gasteiger partial charge in [-0.25, -0.2) is 0 Å². The van der Waals surface area contributed by atoms with Crippen molar-refractivity contribution in [3.05, 3.63) is 21.5 Å². The molecule has 1 rings (SSSR count). The van der Waals surface area contributed by atoms with Crippen LogP contribution in [0.4, 0.5) is 5.69 Å². The average molecular weight is 232 g/mol. The zero-order valence-electron chi connectivity index (χ0n) is 9.03. The molecule has 1 aromatic rings. The summed E-state index contributed by atoms with van der Waals surface area (Å²) in [6.45, 7) is 3.59. The van der Waals surface area contributed by atoms with Gasteiger partial charge in [0, 0.05) is 18.8 Å². The van der Waals surface area contributed by atoms with Crippen LogP contribution in [0.25, 0.3) is 0 Å². The van der Waals surface area contributed by atoms with Gasteiger partial charge in [0.2, 0.25) is 0 Å². The molecule has 0 fully saturated rings. The molecule has 0 saturated carbocycles. The number of alkyl halides is 1. The molecule has 0 aliphatic heterocycles. The average Bonchev–Trinajstić information content (AvgIpc) is 2.41. The Labute approximate surface area is 93.2 Å². The fraction of sp³-hybridized carbons (Fsp3) is 0.667. The maximum atomic E-state index is 10.8. The molecule has 0 N–H and O–H groups in total. The van der Waals surface area contributed by atoms with Gasteiger partial charge in [0.1, 0.15) is 11.4 Å². The predicted octanol–water partition coefficient (Wildman–Crippen LogP) is 2.20. The normalized spacial score (nSPS) is 12.8. The highest BCUT2D eigenvalue weighted by Crippen LogP contribution is 2.25. The van der Waals surface area contributed by atoms with Crippen molar-refractivity contribution < 1.29 is 4.92 Å². The third-order valence-electron chi connectivity index (χ3n) is 2.35. The van der Waals surface area contributed by atoms with Crippen LogP contribution in [0.15, 0.2) is 0 Å². The van der Waals surface area contributed by atoms with E-state index in [0.717, 1.165) is 6.42 Å². The number of aromatic nitrogens is 2. The first-order valence-corrected chi connectivity index (χ1v) is 5.21. The monoisotopic (exact) mass is 231 g/mol. The number of rotatable bonds is 4. The summed E-state index contributed by atoms with van der Waals surface area (Å²) in [5.41, 5.74) is 1.13. The number of nitrogens with zero attached hydrogens (tertiary/aromatic N) is 3. The van der Waals surface area contributed by atoms with E-state index in [1.807, 2.05) is 6.92 Å². The summed E-state index contributed by atoms with van der Waals surface area (Å²) in [7, 11) is 1.70. The third-order valence-corrected chi connectivity index (χ3v) is 2.81. The van der Waals surface area contributed by atoms with E-state index in [4.69, 9.17) is 11.6 Å². The van der Waals surface area contributed by atoms with Crippen molar-refractivity contribution >= 4 is 17.3 Å². The smallest absolute Gasteiger partial charge is 0.265 e. The fourth-order valence-electron chi connectivity index (χ4n) is 1.52. The van der Waals surface area contributed by atoms with E-state index in [1.165, 1.54) is 0 Å². The number of nitro groups is 1. The van der Waals surface area contributed by atoms with Crippen LogP contribution in [-0.4, -0.2) is 20.1 Å². The highest BCUT2D eigenvalue weighted by Gasteiger charge is 2.24. The minimum absolute atomic E-state index is 0.0847. The minimum atomic E-state index is -0.392. The van der Waals surface area contributed by atoms with Gasteiger partial charge in [-0.2, -0.15) is 5.10 Å². The molecule has 1 aromatic heterocycles. The van der Waals surface area contributed by atoms with Crippen LogP contribution in [0.2, 0.25) is 0 Å². The molecule has 15 heavy (non-hydrogen) atoms. The molecule has 0 radical (unpaired) electrons. The highest BCUT2D eigenvalue weighted by molar-refractivity contribution is 6.20. The first-order valence-electron chi connectivity index (χ1n) is 4.78. The lowest BCUT2D eigenvalue weighted by Crippen LogP contribution is -2.08. The topological polar surface area (TPSA) is 61.0 Å². The van der Waals surface area contributed by atoms with E-state index < -0.39 is 4.92 Å². The van der Waals surface area contributed by atoms with E-state index in [0.29, 0.717) is 17.8 Å². The van der Waals surface area contributed by atoms with Crippen LogP contribution in [0, 0.1) is 17.0 Å². The summed E-state index contributed by atoms with van der Waals surface area (Å²) in [5, 5.41) is 14.8. The predicted molar refractivity (Wildman–Crippen MR) is 58.2 cm³/mol. The Morgan fingerprint density at radius 2 is 2.27 bits per heavy atom. The molecule has 0 spiro atoms. The van der Waals surface area contributed by atoms with Crippen molar-refractivity contribution in [3.63, 3.8) is 0 Å². The molecule has 6 heteroatoms. The second-order valence-corrected chi connectivity index (χ2v) is 4.09. The molecule has 0 bridgehead atoms. The SMILES string of the molecule is CCC(Cl)Cc1c([N+](=O)[O-])c(C)nn1C. The van der Waals surface area contributed by atoms with Gasteiger partial charge >= 0.3 is 5.69 Å². The van der Waals surface area contributed by atoms with E-state index >= 15 is 0 Å². The molecule has 0 aliphatic rings. The largest absolute Gasteiger partial charge is 0.313 e. The van der Waals surface area contributed by atoms with Crippen molar-refractivity contribution in [1.29, 1.82) is 0 Å². The van der Waals surface area contributed by atoms with Crippen LogP contribution in [0.3, 0.4) is 0 Å². The molecule has 0 aromatic carbocycles. The Hall–Kier alpha value is -1.10. The first-order chi connectivity index (χ1) is 6.97. The van der Waals surface area contributed by atoms with Crippen LogP contribution in [0.5, 0.6) is 0 Å². The zero-order valence-corrected chi connectivity index (χ0v) is 9.78. The quantitative estimate of drug-likeness (QED) is 0.453. The van der Waals surface area contributed by atoms with Gasteiger partial charge in [-0.1, -0.05) is 6.92 Å². The standard InChI is InChI=1S/C9H14ClN3O2/c1-4-7(10)5-8-9(13(14)15)6(2)11-12(8)3/h7H,4-5H2,1-3H3. The highest BCUT2D eigenvalue weighted by atomic mass is 35.5. The molecular weight excluding hydrogens is 218 g/mol. The van der Waals surface area contributed by atoms with Gasteiger partial charge in [-0.3, -0.25) is 14.8 Å². The third kappa shape index (κ3) is 2.47. The van der Waals surface area contributed by atoms with Crippen LogP contribution in [-0.2, 0) is 13.5 Å². The van der Waals surface area contributed by atoms with Gasteiger partial charge < -0.3 is 0 Å². The number of halogens is 1. The molecule has 84 valence electrons. The van der Waals surface area contributed by atoms with Crippen LogP contribution < -0.4 is 0 Å². The molecule has 0 saturated heterocycles. The summed E-state index contributed by atoms with van der Waals surface area (Å²) in [5.74, 6) is 0. The Morgan fingerprint density at radius 1 is 1.67 bits per heavy atom. The maximum absolute atomic E-state index is 10.8. The summed E-state index contributed by atoms with van der Waals surface area (Å²) >= 11 is 5.99. The number of aryl methyl sites for hydroxylation is 2. The van der Waals surface area contributed by atoms with Gasteiger partial charge in [0.15, 0.2) is 0 Å². The van der Waals surface area contributed by atoms with Crippen molar-refractivity contribution in [2.45, 2.75) is 32.1 Å². The van der Waals surface area contributed by atoms with Crippen molar-refractivity contribution in [1.82, 2.24) is 9.78 Å². The molecule has 1 unspecified atom stereocenters. The lowest BCUT2D eigenvalue weighted by Gasteiger charge is -2.05. The Morgan fingerprint density at radius 3 is 2.73 bits per heavy atom. The summed E-state index contributed by atoms with van der Waals surface area (Å²) in [6, 6.07) is 0. The van der Waals surface area contributed by atoms with E-state index in [-0.39, 0.29) is 11.1 Å². The van der Waals surface area contributed by atoms with Gasteiger partial charge in [-0.05, 0) is 13.3 Å². The second kappa shape index (κ2) is 4.61. The van der Waals surface area contributed by atoms with Gasteiger partial charge in [0.05, 0.1) is 4.92 Å². The van der Waals surface area contributed by atoms with Crippen molar-refractivity contribution in [2.24, 2.45) is 7.05 Å². The van der Waals surface area contributed by atoms with E-state index in [9.17, 15) is 10.1 Å². The van der Waals surface area contributed by atoms with Crippen molar-refractivity contribution in [2.75, 3.05) is 0 Å². The molecule has 1 atom stereocenters. The fourth-order valence-corrected chi connectivity index (χ4v) is 1.66. The molecule has 0 amide bonds. The Kier molecular flexibility index (Phi) is 3.68. The summed E-state index contributed by atoms with van der Waals surface area (Å²) in [6.07, 6.45) is 1.26. The van der Waals surface area contributed by atoms with Crippen LogP contribution in [0.1, 0.15) is 24.7 Å². The Balaban J connectivity index is 3.09. The second-order valence-electron chi connectivity index (χ2n) is 3.47. The lowest BCUT2D eigenvalue weighted by molar-refractivity contribution is -0.386.